The summed E-state index contributed by atoms with van der Waals surface area (Å²) in [7, 11) is 2.06. The van der Waals surface area contributed by atoms with Gasteiger partial charge in [0.25, 0.3) is 5.91 Å². The predicted molar refractivity (Wildman–Crippen MR) is 103 cm³/mol. The van der Waals surface area contributed by atoms with Gasteiger partial charge in [0.15, 0.2) is 6.04 Å². The van der Waals surface area contributed by atoms with E-state index in [1.807, 2.05) is 6.92 Å². The van der Waals surface area contributed by atoms with Crippen LogP contribution in [0.4, 0.5) is 0 Å². The third-order valence-electron chi connectivity index (χ3n) is 6.43. The second-order valence-electron chi connectivity index (χ2n) is 8.17. The molecule has 2 amide bonds. The van der Waals surface area contributed by atoms with Crippen molar-refractivity contribution in [3.63, 3.8) is 0 Å². The molecular formula is C19H29N3O5S. The number of fused-ring (bicyclic) bond motifs is 1. The van der Waals surface area contributed by atoms with Gasteiger partial charge in [-0.15, -0.1) is 11.8 Å². The molecule has 0 aliphatic carbocycles. The second kappa shape index (κ2) is 7.68. The number of carbonyl (C=O) groups excluding carboxylic acids is 3. The van der Waals surface area contributed by atoms with E-state index in [1.165, 1.54) is 16.7 Å². The van der Waals surface area contributed by atoms with E-state index in [0.29, 0.717) is 28.8 Å². The molecule has 8 nitrogen and oxygen atoms in total. The zero-order valence-electron chi connectivity index (χ0n) is 16.8. The minimum absolute atomic E-state index is 0.0312. The lowest BCUT2D eigenvalue weighted by molar-refractivity contribution is -0.910. The fraction of sp³-hybridized carbons (Fsp3) is 0.737. The molecule has 1 unspecified atom stereocenters. The number of likely N-dealkylation sites (N-methyl/N-ethyl adjacent to an activating group) is 2. The van der Waals surface area contributed by atoms with Crippen LogP contribution in [0.15, 0.2) is 10.6 Å². The van der Waals surface area contributed by atoms with Gasteiger partial charge in [-0.25, -0.2) is 0 Å². The van der Waals surface area contributed by atoms with E-state index in [-0.39, 0.29) is 34.8 Å². The maximum absolute atomic E-state index is 12.5. The number of quaternary nitrogens is 1. The molecule has 3 aliphatic rings. The van der Waals surface area contributed by atoms with Crippen LogP contribution in [0.25, 0.3) is 0 Å². The van der Waals surface area contributed by atoms with E-state index in [0.717, 1.165) is 13.1 Å². The Kier molecular flexibility index (Phi) is 5.80. The number of amides is 2. The third kappa shape index (κ3) is 3.33. The molecule has 0 aromatic heterocycles. The summed E-state index contributed by atoms with van der Waals surface area (Å²) in [4.78, 5) is 38.5. The molecule has 3 heterocycles. The van der Waals surface area contributed by atoms with Gasteiger partial charge in [-0.3, -0.25) is 9.59 Å². The fourth-order valence-electron chi connectivity index (χ4n) is 4.81. The molecule has 0 bridgehead atoms. The van der Waals surface area contributed by atoms with Crippen LogP contribution in [0.1, 0.15) is 33.6 Å². The lowest BCUT2D eigenvalue weighted by Gasteiger charge is -2.45. The Balaban J connectivity index is 1.79. The largest absolute Gasteiger partial charge is 0.543 e. The van der Waals surface area contributed by atoms with Crippen molar-refractivity contribution in [2.45, 2.75) is 57.1 Å². The molecule has 28 heavy (non-hydrogen) atoms. The SMILES string of the molecule is CCNC(=O)[C@@H]1C[C@H](SC2=C(C(=O)[O-])N3C(=O)[C@H]([C@@H](C)O)[C@H]3C2)C[N+]1(C)CC. The Labute approximate surface area is 169 Å². The molecule has 2 fully saturated rings. The van der Waals surface area contributed by atoms with Crippen LogP contribution >= 0.6 is 11.8 Å². The van der Waals surface area contributed by atoms with Crippen molar-refractivity contribution in [1.82, 2.24) is 10.2 Å². The van der Waals surface area contributed by atoms with E-state index in [4.69, 9.17) is 0 Å². The Bertz CT molecular complexity index is 724. The smallest absolute Gasteiger partial charge is 0.278 e. The minimum atomic E-state index is -1.35. The number of aliphatic carboxylic acids is 1. The van der Waals surface area contributed by atoms with Crippen LogP contribution in [0, 0.1) is 5.92 Å². The summed E-state index contributed by atoms with van der Waals surface area (Å²) in [5, 5.41) is 24.6. The highest BCUT2D eigenvalue weighted by Crippen LogP contribution is 2.49. The number of likely N-dealkylation sites (tertiary alicyclic amines) is 1. The van der Waals surface area contributed by atoms with Crippen LogP contribution in [0.2, 0.25) is 0 Å². The Hall–Kier alpha value is -1.58. The van der Waals surface area contributed by atoms with Gasteiger partial charge in [-0.1, -0.05) is 0 Å². The molecule has 2 N–H and O–H groups in total. The van der Waals surface area contributed by atoms with Crippen molar-refractivity contribution in [3.8, 4) is 0 Å². The number of thioether (sulfide) groups is 1. The van der Waals surface area contributed by atoms with Gasteiger partial charge in [-0.05, 0) is 20.8 Å². The third-order valence-corrected chi connectivity index (χ3v) is 7.75. The van der Waals surface area contributed by atoms with Crippen LogP contribution in [0.3, 0.4) is 0 Å². The lowest BCUT2D eigenvalue weighted by atomic mass is 9.83. The van der Waals surface area contributed by atoms with Crippen LogP contribution < -0.4 is 10.4 Å². The van der Waals surface area contributed by atoms with Crippen molar-refractivity contribution in [1.29, 1.82) is 0 Å². The molecule has 2 saturated heterocycles. The molecule has 9 heteroatoms. The number of aliphatic hydroxyl groups excluding tert-OH is 1. The first-order valence-corrected chi connectivity index (χ1v) is 10.8. The zero-order chi connectivity index (χ0) is 20.8. The quantitative estimate of drug-likeness (QED) is 0.412. The topological polar surface area (TPSA) is 110 Å². The Morgan fingerprint density at radius 3 is 2.64 bits per heavy atom. The molecular weight excluding hydrogens is 382 g/mol. The number of carbonyl (C=O) groups is 3. The van der Waals surface area contributed by atoms with Gasteiger partial charge in [-0.2, -0.15) is 0 Å². The fourth-order valence-corrected chi connectivity index (χ4v) is 6.47. The highest BCUT2D eigenvalue weighted by molar-refractivity contribution is 8.03. The van der Waals surface area contributed by atoms with Crippen molar-refractivity contribution >= 4 is 29.5 Å². The maximum atomic E-state index is 12.5. The molecule has 0 aromatic rings. The summed E-state index contributed by atoms with van der Waals surface area (Å²) in [6, 6.07) is -0.477. The molecule has 0 spiro atoms. The Morgan fingerprint density at radius 1 is 1.43 bits per heavy atom. The average molecular weight is 412 g/mol. The van der Waals surface area contributed by atoms with Crippen molar-refractivity contribution in [3.05, 3.63) is 10.6 Å². The summed E-state index contributed by atoms with van der Waals surface area (Å²) < 4.78 is 0.611. The zero-order valence-corrected chi connectivity index (χ0v) is 17.6. The van der Waals surface area contributed by atoms with Gasteiger partial charge in [0.05, 0.1) is 55.1 Å². The molecule has 0 saturated carbocycles. The number of nitrogens with zero attached hydrogens (tertiary/aromatic N) is 2. The van der Waals surface area contributed by atoms with Crippen molar-refractivity contribution < 1.29 is 29.1 Å². The molecule has 3 aliphatic heterocycles. The van der Waals surface area contributed by atoms with Crippen molar-refractivity contribution in [2.24, 2.45) is 5.92 Å². The highest BCUT2D eigenvalue weighted by atomic mass is 32.2. The summed E-state index contributed by atoms with van der Waals surface area (Å²) in [6.07, 6.45) is 0.270. The predicted octanol–water partition coefficient (Wildman–Crippen LogP) is -0.964. The number of β-lactam (4-membered cyclic amide) rings is 1. The average Bonchev–Trinajstić information content (AvgIpc) is 3.11. The number of hydrogen-bond acceptors (Lipinski definition) is 6. The number of rotatable bonds is 7. The number of nitrogens with one attached hydrogen (secondary N) is 1. The summed E-state index contributed by atoms with van der Waals surface area (Å²) in [5.41, 5.74) is -0.0518. The molecule has 6 atom stereocenters. The second-order valence-corrected chi connectivity index (χ2v) is 9.56. The monoisotopic (exact) mass is 411 g/mol. The van der Waals surface area contributed by atoms with Gasteiger partial charge >= 0.3 is 0 Å². The number of aliphatic hydroxyl groups is 1. The highest BCUT2D eigenvalue weighted by Gasteiger charge is 2.56. The first-order chi connectivity index (χ1) is 13.1. The lowest BCUT2D eigenvalue weighted by Crippen LogP contribution is -2.62. The van der Waals surface area contributed by atoms with Crippen LogP contribution in [0.5, 0.6) is 0 Å². The first kappa shape index (κ1) is 21.1. The summed E-state index contributed by atoms with van der Waals surface area (Å²) in [5.74, 6) is -2.23. The van der Waals surface area contributed by atoms with Gasteiger partial charge in [0.2, 0.25) is 5.91 Å². The van der Waals surface area contributed by atoms with Gasteiger partial charge in [0.1, 0.15) is 0 Å². The van der Waals surface area contributed by atoms with Gasteiger partial charge < -0.3 is 29.7 Å². The standard InChI is InChI=1S/C19H29N3O5S/c1-5-20-17(24)13-7-11(9-22(13,4)6-2)28-14-8-12-15(10(3)23)18(25)21(12)16(14)19(26)27/h10-13,15,23H,5-9H2,1-4H3,(H-,20,24,26,27)/t10-,11+,12-,13+,15-,22?/m1/s1. The molecule has 3 rings (SSSR count). The number of carboxylic acid groups (broad SMARTS) is 1. The minimum Gasteiger partial charge on any atom is -0.543 e. The number of carboxylic acids is 1. The van der Waals surface area contributed by atoms with E-state index in [9.17, 15) is 24.6 Å². The summed E-state index contributed by atoms with van der Waals surface area (Å²) >= 11 is 1.46. The van der Waals surface area contributed by atoms with E-state index < -0.39 is 18.0 Å². The molecule has 0 aromatic carbocycles. The normalized spacial score (nSPS) is 35.6. The molecule has 0 radical (unpaired) electrons. The Morgan fingerprint density at radius 2 is 2.11 bits per heavy atom. The van der Waals surface area contributed by atoms with Crippen molar-refractivity contribution in [2.75, 3.05) is 26.7 Å². The number of hydrogen-bond donors (Lipinski definition) is 2. The van der Waals surface area contributed by atoms with E-state index in [2.05, 4.69) is 19.3 Å². The van der Waals surface area contributed by atoms with Crippen LogP contribution in [-0.2, 0) is 14.4 Å². The van der Waals surface area contributed by atoms with E-state index in [1.54, 1.807) is 6.92 Å². The first-order valence-electron chi connectivity index (χ1n) is 9.88. The maximum Gasteiger partial charge on any atom is 0.278 e. The van der Waals surface area contributed by atoms with E-state index >= 15 is 0 Å². The molecule has 156 valence electrons. The summed E-state index contributed by atoms with van der Waals surface area (Å²) in [6.45, 7) is 7.65. The van der Waals surface area contributed by atoms with Gasteiger partial charge in [0, 0.05) is 24.3 Å². The van der Waals surface area contributed by atoms with Crippen LogP contribution in [-0.4, -0.2) is 82.4 Å².